The Labute approximate surface area is 173 Å². The molecule has 2 aromatic carbocycles. The minimum atomic E-state index is -0.0266. The van der Waals surface area contributed by atoms with Crippen molar-refractivity contribution < 1.29 is 4.79 Å². The molecule has 1 saturated heterocycles. The number of benzene rings is 2. The zero-order valence-electron chi connectivity index (χ0n) is 15.1. The number of aromatic nitrogens is 2. The lowest BCUT2D eigenvalue weighted by atomic mass is 10.0. The SMILES string of the molecule is O=C(c1ccc(-c2ccccc2Cl)c(Cl)c1)N1CCN(c2ncccn2)CC1. The normalized spacial score (nSPS) is 14.2. The Kier molecular flexibility index (Phi) is 5.46. The van der Waals surface area contributed by atoms with Crippen LogP contribution < -0.4 is 4.90 Å². The monoisotopic (exact) mass is 412 g/mol. The highest BCUT2D eigenvalue weighted by molar-refractivity contribution is 6.36. The largest absolute Gasteiger partial charge is 0.337 e. The van der Waals surface area contributed by atoms with Crippen LogP contribution in [0.15, 0.2) is 60.9 Å². The van der Waals surface area contributed by atoms with Crippen LogP contribution >= 0.6 is 23.2 Å². The summed E-state index contributed by atoms with van der Waals surface area (Å²) < 4.78 is 0. The standard InChI is InChI=1S/C21H18Cl2N4O/c22-18-5-2-1-4-16(18)17-7-6-15(14-19(17)23)20(28)26-10-12-27(13-11-26)21-24-8-3-9-25-21/h1-9,14H,10-13H2. The average molecular weight is 413 g/mol. The zero-order valence-corrected chi connectivity index (χ0v) is 16.6. The molecule has 0 saturated carbocycles. The lowest BCUT2D eigenvalue weighted by Crippen LogP contribution is -2.49. The van der Waals surface area contributed by atoms with E-state index < -0.39 is 0 Å². The van der Waals surface area contributed by atoms with Crippen LogP contribution in [0.1, 0.15) is 10.4 Å². The molecule has 0 atom stereocenters. The summed E-state index contributed by atoms with van der Waals surface area (Å²) in [4.78, 5) is 25.4. The van der Waals surface area contributed by atoms with Gasteiger partial charge in [-0.1, -0.05) is 47.5 Å². The topological polar surface area (TPSA) is 49.3 Å². The second-order valence-electron chi connectivity index (χ2n) is 6.50. The molecule has 1 aromatic heterocycles. The van der Waals surface area contributed by atoms with Crippen molar-refractivity contribution in [1.82, 2.24) is 14.9 Å². The number of anilines is 1. The molecule has 1 fully saturated rings. The van der Waals surface area contributed by atoms with Gasteiger partial charge in [-0.15, -0.1) is 0 Å². The van der Waals surface area contributed by atoms with Crippen LogP contribution in [0.5, 0.6) is 0 Å². The fourth-order valence-corrected chi connectivity index (χ4v) is 3.81. The number of halogens is 2. The number of amides is 1. The maximum atomic E-state index is 12.9. The number of nitrogens with zero attached hydrogens (tertiary/aromatic N) is 4. The molecule has 0 aliphatic carbocycles. The summed E-state index contributed by atoms with van der Waals surface area (Å²) in [5.74, 6) is 0.669. The van der Waals surface area contributed by atoms with Crippen LogP contribution in [0.2, 0.25) is 10.0 Å². The highest BCUT2D eigenvalue weighted by Crippen LogP contribution is 2.33. The van der Waals surface area contributed by atoms with E-state index >= 15 is 0 Å². The Balaban J connectivity index is 1.47. The van der Waals surface area contributed by atoms with E-state index in [-0.39, 0.29) is 5.91 Å². The molecule has 5 nitrogen and oxygen atoms in total. The second-order valence-corrected chi connectivity index (χ2v) is 7.32. The van der Waals surface area contributed by atoms with Gasteiger partial charge in [0.25, 0.3) is 5.91 Å². The molecule has 1 aliphatic heterocycles. The fourth-order valence-electron chi connectivity index (χ4n) is 3.29. The molecular weight excluding hydrogens is 395 g/mol. The van der Waals surface area contributed by atoms with Gasteiger partial charge >= 0.3 is 0 Å². The van der Waals surface area contributed by atoms with E-state index in [0.717, 1.165) is 11.1 Å². The Morgan fingerprint density at radius 3 is 2.18 bits per heavy atom. The van der Waals surface area contributed by atoms with E-state index in [0.29, 0.717) is 47.7 Å². The molecule has 4 rings (SSSR count). The Morgan fingerprint density at radius 1 is 0.821 bits per heavy atom. The molecule has 0 radical (unpaired) electrons. The first-order valence-corrected chi connectivity index (χ1v) is 9.75. The number of hydrogen-bond acceptors (Lipinski definition) is 4. The lowest BCUT2D eigenvalue weighted by Gasteiger charge is -2.34. The van der Waals surface area contributed by atoms with Gasteiger partial charge in [0.1, 0.15) is 0 Å². The number of rotatable bonds is 3. The van der Waals surface area contributed by atoms with Crippen molar-refractivity contribution in [2.45, 2.75) is 0 Å². The smallest absolute Gasteiger partial charge is 0.254 e. The molecular formula is C21H18Cl2N4O. The van der Waals surface area contributed by atoms with Gasteiger partial charge in [-0.05, 0) is 24.3 Å². The zero-order chi connectivity index (χ0) is 19.5. The summed E-state index contributed by atoms with van der Waals surface area (Å²) >= 11 is 12.7. The van der Waals surface area contributed by atoms with Crippen molar-refractivity contribution in [2.75, 3.05) is 31.1 Å². The minimum absolute atomic E-state index is 0.0266. The van der Waals surface area contributed by atoms with E-state index in [1.807, 2.05) is 35.2 Å². The van der Waals surface area contributed by atoms with E-state index in [9.17, 15) is 4.79 Å². The number of carbonyl (C=O) groups is 1. The molecule has 0 spiro atoms. The summed E-state index contributed by atoms with van der Waals surface area (Å²) in [5, 5.41) is 1.14. The summed E-state index contributed by atoms with van der Waals surface area (Å²) in [6.07, 6.45) is 3.45. The van der Waals surface area contributed by atoms with Gasteiger partial charge < -0.3 is 9.80 Å². The fraction of sp³-hybridized carbons (Fsp3) is 0.190. The van der Waals surface area contributed by atoms with E-state index in [4.69, 9.17) is 23.2 Å². The molecule has 3 aromatic rings. The van der Waals surface area contributed by atoms with Crippen LogP contribution in [0, 0.1) is 0 Å². The van der Waals surface area contributed by atoms with Gasteiger partial charge in [0.05, 0.1) is 0 Å². The van der Waals surface area contributed by atoms with Crippen LogP contribution in [0.3, 0.4) is 0 Å². The molecule has 7 heteroatoms. The highest BCUT2D eigenvalue weighted by Gasteiger charge is 2.24. The number of carbonyl (C=O) groups excluding carboxylic acids is 1. The van der Waals surface area contributed by atoms with Crippen molar-refractivity contribution in [3.63, 3.8) is 0 Å². The Bertz CT molecular complexity index is 989. The first-order valence-electron chi connectivity index (χ1n) is 8.99. The summed E-state index contributed by atoms with van der Waals surface area (Å²) in [6.45, 7) is 2.62. The maximum Gasteiger partial charge on any atom is 0.254 e. The van der Waals surface area contributed by atoms with Crippen molar-refractivity contribution in [3.05, 3.63) is 76.5 Å². The Morgan fingerprint density at radius 2 is 1.50 bits per heavy atom. The number of hydrogen-bond donors (Lipinski definition) is 0. The van der Waals surface area contributed by atoms with Crippen molar-refractivity contribution in [1.29, 1.82) is 0 Å². The summed E-state index contributed by atoms with van der Waals surface area (Å²) in [6, 6.07) is 14.7. The van der Waals surface area contributed by atoms with E-state index in [1.54, 1.807) is 30.6 Å². The van der Waals surface area contributed by atoms with Crippen molar-refractivity contribution in [2.24, 2.45) is 0 Å². The van der Waals surface area contributed by atoms with Crippen molar-refractivity contribution >= 4 is 35.1 Å². The third-order valence-electron chi connectivity index (χ3n) is 4.78. The molecule has 1 aliphatic rings. The van der Waals surface area contributed by atoms with Gasteiger partial charge in [0, 0.05) is 65.3 Å². The average Bonchev–Trinajstić information content (AvgIpc) is 2.74. The van der Waals surface area contributed by atoms with Crippen LogP contribution in [0.25, 0.3) is 11.1 Å². The van der Waals surface area contributed by atoms with Crippen molar-refractivity contribution in [3.8, 4) is 11.1 Å². The third kappa shape index (κ3) is 3.81. The third-order valence-corrected chi connectivity index (χ3v) is 5.42. The van der Waals surface area contributed by atoms with Gasteiger partial charge in [-0.3, -0.25) is 4.79 Å². The maximum absolute atomic E-state index is 12.9. The molecule has 142 valence electrons. The predicted octanol–water partition coefficient (Wildman–Crippen LogP) is 4.41. The quantitative estimate of drug-likeness (QED) is 0.638. The van der Waals surface area contributed by atoms with E-state index in [1.165, 1.54) is 0 Å². The predicted molar refractivity (Wildman–Crippen MR) is 112 cm³/mol. The molecule has 0 N–H and O–H groups in total. The first-order chi connectivity index (χ1) is 13.6. The number of piperazine rings is 1. The van der Waals surface area contributed by atoms with Gasteiger partial charge in [0.2, 0.25) is 5.95 Å². The van der Waals surface area contributed by atoms with Gasteiger partial charge in [-0.2, -0.15) is 0 Å². The molecule has 0 bridgehead atoms. The summed E-state index contributed by atoms with van der Waals surface area (Å²) in [5.41, 5.74) is 2.24. The molecule has 1 amide bonds. The van der Waals surface area contributed by atoms with E-state index in [2.05, 4.69) is 14.9 Å². The minimum Gasteiger partial charge on any atom is -0.337 e. The molecule has 2 heterocycles. The van der Waals surface area contributed by atoms with Crippen LogP contribution in [-0.4, -0.2) is 47.0 Å². The second kappa shape index (κ2) is 8.17. The van der Waals surface area contributed by atoms with Crippen LogP contribution in [-0.2, 0) is 0 Å². The first kappa shape index (κ1) is 18.7. The van der Waals surface area contributed by atoms with Crippen LogP contribution in [0.4, 0.5) is 5.95 Å². The van der Waals surface area contributed by atoms with Gasteiger partial charge in [-0.25, -0.2) is 9.97 Å². The molecule has 28 heavy (non-hydrogen) atoms. The molecule has 0 unspecified atom stereocenters. The van der Waals surface area contributed by atoms with Gasteiger partial charge in [0.15, 0.2) is 0 Å². The summed E-state index contributed by atoms with van der Waals surface area (Å²) in [7, 11) is 0. The lowest BCUT2D eigenvalue weighted by molar-refractivity contribution is 0.0746. The highest BCUT2D eigenvalue weighted by atomic mass is 35.5. The Hall–Kier alpha value is -2.63.